The Kier molecular flexibility index (Phi) is 8.63. The van der Waals surface area contributed by atoms with Crippen LogP contribution in [0.4, 0.5) is 5.82 Å². The third kappa shape index (κ3) is 6.99. The van der Waals surface area contributed by atoms with Gasteiger partial charge in [-0.3, -0.25) is 14.4 Å². The maximum atomic E-state index is 12.8. The van der Waals surface area contributed by atoms with E-state index < -0.39 is 0 Å². The quantitative estimate of drug-likeness (QED) is 0.513. The number of nitrogens with zero attached hydrogens (tertiary/aromatic N) is 3. The van der Waals surface area contributed by atoms with E-state index in [0.29, 0.717) is 44.1 Å². The van der Waals surface area contributed by atoms with Crippen molar-refractivity contribution in [1.29, 1.82) is 0 Å². The highest BCUT2D eigenvalue weighted by Gasteiger charge is 2.42. The number of piperidine rings is 1. The van der Waals surface area contributed by atoms with E-state index in [2.05, 4.69) is 10.5 Å². The molecule has 1 N–H and O–H groups in total. The van der Waals surface area contributed by atoms with E-state index in [-0.39, 0.29) is 29.6 Å². The number of amides is 3. The molecule has 1 aromatic carbocycles. The van der Waals surface area contributed by atoms with Crippen LogP contribution in [0, 0.1) is 12.3 Å². The number of benzene rings is 1. The van der Waals surface area contributed by atoms with Crippen LogP contribution in [0.25, 0.3) is 6.08 Å². The minimum absolute atomic E-state index is 0.00568. The molecule has 3 heterocycles. The molecule has 0 radical (unpaired) electrons. The predicted molar refractivity (Wildman–Crippen MR) is 140 cm³/mol. The maximum Gasteiger partial charge on any atom is 0.246 e. The second kappa shape index (κ2) is 12.1. The summed E-state index contributed by atoms with van der Waals surface area (Å²) in [5.41, 5.74) is 0.974. The van der Waals surface area contributed by atoms with Crippen LogP contribution >= 0.6 is 0 Å². The van der Waals surface area contributed by atoms with Crippen LogP contribution in [0.15, 0.2) is 40.9 Å². The van der Waals surface area contributed by atoms with Gasteiger partial charge in [0.25, 0.3) is 0 Å². The van der Waals surface area contributed by atoms with Crippen molar-refractivity contribution in [3.8, 4) is 5.75 Å². The standard InChI is InChI=1S/C28H36N4O5/c1-3-36-23-8-5-4-7-22(23)11-12-27(35)31-16-13-28(14-17-31)15-18-32(20-28)26(34)10-6-9-25(33)29-24-19-21(2)37-30-24/h4-5,7-8,11-12,19H,3,6,9-10,13-18,20H2,1-2H3,(H,29,30,33)/b12-11+. The molecule has 9 nitrogen and oxygen atoms in total. The molecule has 2 aliphatic heterocycles. The molecular formula is C28H36N4O5. The van der Waals surface area contributed by atoms with Crippen LogP contribution < -0.4 is 10.1 Å². The largest absolute Gasteiger partial charge is 0.493 e. The molecule has 2 aliphatic rings. The van der Waals surface area contributed by atoms with E-state index in [1.807, 2.05) is 47.1 Å². The number of hydrogen-bond acceptors (Lipinski definition) is 6. The lowest BCUT2D eigenvalue weighted by Crippen LogP contribution is -2.44. The molecule has 0 aliphatic carbocycles. The van der Waals surface area contributed by atoms with Gasteiger partial charge in [0.1, 0.15) is 11.5 Å². The Labute approximate surface area is 217 Å². The second-order valence-electron chi connectivity index (χ2n) is 9.92. The highest BCUT2D eigenvalue weighted by atomic mass is 16.5. The first-order valence-electron chi connectivity index (χ1n) is 13.1. The Hall–Kier alpha value is -3.62. The van der Waals surface area contributed by atoms with Gasteiger partial charge in [-0.15, -0.1) is 0 Å². The molecule has 0 bridgehead atoms. The molecule has 2 saturated heterocycles. The molecule has 1 aromatic heterocycles. The lowest BCUT2D eigenvalue weighted by Gasteiger charge is -2.39. The van der Waals surface area contributed by atoms with E-state index in [9.17, 15) is 14.4 Å². The topological polar surface area (TPSA) is 105 Å². The predicted octanol–water partition coefficient (Wildman–Crippen LogP) is 4.05. The monoisotopic (exact) mass is 508 g/mol. The van der Waals surface area contributed by atoms with Crippen LogP contribution in [-0.4, -0.2) is 65.5 Å². The van der Waals surface area contributed by atoms with Gasteiger partial charge in [0.05, 0.1) is 6.61 Å². The molecule has 0 unspecified atom stereocenters. The first-order valence-corrected chi connectivity index (χ1v) is 13.1. The molecule has 37 heavy (non-hydrogen) atoms. The van der Waals surface area contributed by atoms with Gasteiger partial charge < -0.3 is 24.4 Å². The summed E-state index contributed by atoms with van der Waals surface area (Å²) >= 11 is 0. The van der Waals surface area contributed by atoms with Crippen molar-refractivity contribution >= 4 is 29.6 Å². The van der Waals surface area contributed by atoms with Crippen molar-refractivity contribution in [2.24, 2.45) is 5.41 Å². The molecule has 9 heteroatoms. The molecule has 3 amide bonds. The fraction of sp³-hybridized carbons (Fsp3) is 0.500. The van der Waals surface area contributed by atoms with Crippen molar-refractivity contribution in [2.75, 3.05) is 38.1 Å². The molecule has 198 valence electrons. The molecule has 4 rings (SSSR count). The number of carbonyl (C=O) groups excluding carboxylic acids is 3. The first kappa shape index (κ1) is 26.4. The van der Waals surface area contributed by atoms with Gasteiger partial charge in [-0.1, -0.05) is 23.4 Å². The summed E-state index contributed by atoms with van der Waals surface area (Å²) in [4.78, 5) is 41.5. The fourth-order valence-electron chi connectivity index (χ4n) is 5.12. The highest BCUT2D eigenvalue weighted by Crippen LogP contribution is 2.40. The van der Waals surface area contributed by atoms with Crippen LogP contribution in [0.2, 0.25) is 0 Å². The smallest absolute Gasteiger partial charge is 0.246 e. The summed E-state index contributed by atoms with van der Waals surface area (Å²) in [7, 11) is 0. The van der Waals surface area contributed by atoms with Crippen LogP contribution in [0.1, 0.15) is 56.8 Å². The van der Waals surface area contributed by atoms with E-state index in [1.54, 1.807) is 19.1 Å². The molecular weight excluding hydrogens is 472 g/mol. The van der Waals surface area contributed by atoms with Crippen molar-refractivity contribution in [2.45, 2.75) is 52.4 Å². The lowest BCUT2D eigenvalue weighted by molar-refractivity contribution is -0.132. The van der Waals surface area contributed by atoms with Crippen LogP contribution in [0.3, 0.4) is 0 Å². The van der Waals surface area contributed by atoms with Gasteiger partial charge in [0.15, 0.2) is 5.82 Å². The molecule has 1 spiro atoms. The second-order valence-corrected chi connectivity index (χ2v) is 9.92. The average molecular weight is 509 g/mol. The minimum Gasteiger partial charge on any atom is -0.493 e. The summed E-state index contributed by atoms with van der Waals surface area (Å²) in [6.45, 7) is 7.13. The fourth-order valence-corrected chi connectivity index (χ4v) is 5.12. The Balaban J connectivity index is 1.19. The minimum atomic E-state index is -0.175. The van der Waals surface area contributed by atoms with E-state index in [1.165, 1.54) is 0 Å². The number of nitrogens with one attached hydrogen (secondary N) is 1. The molecule has 2 fully saturated rings. The summed E-state index contributed by atoms with van der Waals surface area (Å²) in [6, 6.07) is 9.35. The van der Waals surface area contributed by atoms with Crippen molar-refractivity contribution in [3.63, 3.8) is 0 Å². The number of anilines is 1. The average Bonchev–Trinajstić information content (AvgIpc) is 3.50. The summed E-state index contributed by atoms with van der Waals surface area (Å²) < 4.78 is 10.6. The number of rotatable bonds is 9. The van der Waals surface area contributed by atoms with Crippen molar-refractivity contribution in [3.05, 3.63) is 47.7 Å². The lowest BCUT2D eigenvalue weighted by atomic mass is 9.78. The van der Waals surface area contributed by atoms with E-state index in [0.717, 1.165) is 43.7 Å². The van der Waals surface area contributed by atoms with E-state index >= 15 is 0 Å². The Morgan fingerprint density at radius 1 is 1.11 bits per heavy atom. The highest BCUT2D eigenvalue weighted by molar-refractivity contribution is 5.92. The molecule has 0 atom stereocenters. The number of ether oxygens (including phenoxy) is 1. The van der Waals surface area contributed by atoms with Gasteiger partial charge in [0, 0.05) is 56.7 Å². The molecule has 0 saturated carbocycles. The zero-order chi connectivity index (χ0) is 26.3. The normalized spacial score (nSPS) is 16.9. The summed E-state index contributed by atoms with van der Waals surface area (Å²) in [5, 5.41) is 6.43. The third-order valence-electron chi connectivity index (χ3n) is 7.24. The van der Waals surface area contributed by atoms with Crippen LogP contribution in [-0.2, 0) is 14.4 Å². The molecule has 2 aromatic rings. The number of carbonyl (C=O) groups is 3. The zero-order valence-electron chi connectivity index (χ0n) is 21.7. The number of para-hydroxylation sites is 1. The zero-order valence-corrected chi connectivity index (χ0v) is 21.7. The Bertz CT molecular complexity index is 1130. The van der Waals surface area contributed by atoms with Gasteiger partial charge in [-0.25, -0.2) is 0 Å². The van der Waals surface area contributed by atoms with Gasteiger partial charge in [-0.2, -0.15) is 0 Å². The maximum absolute atomic E-state index is 12.8. The van der Waals surface area contributed by atoms with Crippen molar-refractivity contribution < 1.29 is 23.6 Å². The number of likely N-dealkylation sites (tertiary alicyclic amines) is 2. The Morgan fingerprint density at radius 3 is 2.54 bits per heavy atom. The SMILES string of the molecule is CCOc1ccccc1/C=C/C(=O)N1CCC2(CC1)CCN(C(=O)CCCC(=O)Nc1cc(C)on1)C2. The number of aromatic nitrogens is 1. The van der Waals surface area contributed by atoms with Gasteiger partial charge in [-0.05, 0) is 57.1 Å². The number of hydrogen-bond donors (Lipinski definition) is 1. The third-order valence-corrected chi connectivity index (χ3v) is 7.24. The van der Waals surface area contributed by atoms with Gasteiger partial charge in [0.2, 0.25) is 17.7 Å². The Morgan fingerprint density at radius 2 is 1.84 bits per heavy atom. The van der Waals surface area contributed by atoms with Crippen molar-refractivity contribution in [1.82, 2.24) is 15.0 Å². The van der Waals surface area contributed by atoms with Crippen LogP contribution in [0.5, 0.6) is 5.75 Å². The summed E-state index contributed by atoms with van der Waals surface area (Å²) in [6.07, 6.45) is 7.30. The number of aryl methyl sites for hydroxylation is 1. The van der Waals surface area contributed by atoms with E-state index in [4.69, 9.17) is 9.26 Å². The first-order chi connectivity index (χ1) is 17.9. The summed E-state index contributed by atoms with van der Waals surface area (Å²) in [5.74, 6) is 1.72. The van der Waals surface area contributed by atoms with Gasteiger partial charge >= 0.3 is 0 Å².